The molecule has 3 saturated heterocycles. The molecule has 5 heteroatoms. The average molecular weight is 335 g/mol. The first-order valence-corrected chi connectivity index (χ1v) is 8.76. The first-order valence-electron chi connectivity index (χ1n) is 8.76. The van der Waals surface area contributed by atoms with Crippen LogP contribution in [0.15, 0.2) is 48.9 Å². The van der Waals surface area contributed by atoms with E-state index in [4.69, 9.17) is 4.74 Å². The van der Waals surface area contributed by atoms with Crippen LogP contribution in [-0.2, 0) is 9.53 Å². The van der Waals surface area contributed by atoms with E-state index in [1.165, 1.54) is 6.33 Å². The zero-order chi connectivity index (χ0) is 17.1. The number of fused-ring (bicyclic) bond motifs is 3. The molecule has 0 radical (unpaired) electrons. The highest BCUT2D eigenvalue weighted by Gasteiger charge is 2.37. The highest BCUT2D eigenvalue weighted by atomic mass is 16.5. The van der Waals surface area contributed by atoms with Gasteiger partial charge in [0, 0.05) is 12.7 Å². The van der Waals surface area contributed by atoms with E-state index in [1.54, 1.807) is 18.3 Å². The number of rotatable bonds is 4. The molecule has 2 bridgehead atoms. The van der Waals surface area contributed by atoms with Gasteiger partial charge in [-0.15, -0.1) is 0 Å². The minimum absolute atomic E-state index is 0.00693. The van der Waals surface area contributed by atoms with Gasteiger partial charge in [0.15, 0.2) is 0 Å². The number of benzene rings is 1. The normalized spacial score (nSPS) is 25.6. The third-order valence-electron chi connectivity index (χ3n) is 5.06. The number of hydrogen-bond donors (Lipinski definition) is 0. The molecule has 3 fully saturated rings. The fourth-order valence-corrected chi connectivity index (χ4v) is 3.66. The molecule has 0 aliphatic carbocycles. The summed E-state index contributed by atoms with van der Waals surface area (Å²) in [5.74, 6) is 0.216. The molecule has 0 spiro atoms. The molecule has 1 aromatic heterocycles. The number of esters is 1. The molecule has 5 rings (SSSR count). The van der Waals surface area contributed by atoms with Gasteiger partial charge in [-0.05, 0) is 49.6 Å². The van der Waals surface area contributed by atoms with Crippen LogP contribution in [0.4, 0.5) is 0 Å². The fourth-order valence-electron chi connectivity index (χ4n) is 3.66. The zero-order valence-electron chi connectivity index (χ0n) is 14.0. The molecule has 25 heavy (non-hydrogen) atoms. The molecular weight excluding hydrogens is 314 g/mol. The Bertz CT molecular complexity index is 753. The second kappa shape index (κ2) is 7.15. The second-order valence-corrected chi connectivity index (χ2v) is 6.64. The van der Waals surface area contributed by atoms with Crippen molar-refractivity contribution in [1.29, 1.82) is 0 Å². The standard InChI is InChI=1S/C20H21N3O2/c24-20(25-19-13-23-10-7-16(19)8-11-23)18(15-4-2-1-3-5-15)12-17-6-9-21-14-22-17/h1-6,9,12,14,16,19H,7-8,10-11,13H2/t19-/m0/s1. The number of carbonyl (C=O) groups excluding carboxylic acids is 1. The first-order chi connectivity index (χ1) is 12.3. The lowest BCUT2D eigenvalue weighted by molar-refractivity contribution is -0.151. The maximum atomic E-state index is 12.9. The van der Waals surface area contributed by atoms with Gasteiger partial charge in [-0.2, -0.15) is 0 Å². The highest BCUT2D eigenvalue weighted by molar-refractivity contribution is 6.21. The monoisotopic (exact) mass is 335 g/mol. The van der Waals surface area contributed by atoms with E-state index in [0.29, 0.717) is 17.2 Å². The molecule has 128 valence electrons. The maximum absolute atomic E-state index is 12.9. The van der Waals surface area contributed by atoms with Crippen LogP contribution in [0.2, 0.25) is 0 Å². The molecule has 5 nitrogen and oxygen atoms in total. The lowest BCUT2D eigenvalue weighted by Crippen LogP contribution is -2.52. The molecule has 1 atom stereocenters. The molecule has 1 aromatic carbocycles. The lowest BCUT2D eigenvalue weighted by atomic mass is 9.86. The Kier molecular flexibility index (Phi) is 4.57. The Morgan fingerprint density at radius 2 is 1.96 bits per heavy atom. The Morgan fingerprint density at radius 1 is 1.16 bits per heavy atom. The number of nitrogens with zero attached hydrogens (tertiary/aromatic N) is 3. The highest BCUT2D eigenvalue weighted by Crippen LogP contribution is 2.31. The lowest BCUT2D eigenvalue weighted by Gasteiger charge is -2.44. The van der Waals surface area contributed by atoms with Gasteiger partial charge in [0.1, 0.15) is 12.4 Å². The van der Waals surface area contributed by atoms with Crippen LogP contribution in [0, 0.1) is 5.92 Å². The SMILES string of the molecule is O=C(O[C@H]1CN2CCC1CC2)C(=Cc1ccncn1)c1ccccc1. The molecule has 4 heterocycles. The van der Waals surface area contributed by atoms with Crippen LogP contribution in [0.1, 0.15) is 24.1 Å². The van der Waals surface area contributed by atoms with Gasteiger partial charge in [-0.25, -0.2) is 14.8 Å². The fraction of sp³-hybridized carbons (Fsp3) is 0.350. The summed E-state index contributed by atoms with van der Waals surface area (Å²) < 4.78 is 5.92. The van der Waals surface area contributed by atoms with Gasteiger partial charge in [-0.3, -0.25) is 4.90 Å². The van der Waals surface area contributed by atoms with E-state index in [2.05, 4.69) is 14.9 Å². The number of carbonyl (C=O) groups is 1. The van der Waals surface area contributed by atoms with Crippen LogP contribution in [0.3, 0.4) is 0 Å². The molecule has 0 amide bonds. The van der Waals surface area contributed by atoms with Crippen LogP contribution in [0.5, 0.6) is 0 Å². The third kappa shape index (κ3) is 3.61. The van der Waals surface area contributed by atoms with E-state index in [9.17, 15) is 4.79 Å². The van der Waals surface area contributed by atoms with Crippen molar-refractivity contribution < 1.29 is 9.53 Å². The van der Waals surface area contributed by atoms with Crippen molar-refractivity contribution in [3.8, 4) is 0 Å². The average Bonchev–Trinajstić information content (AvgIpc) is 2.68. The predicted molar refractivity (Wildman–Crippen MR) is 95.4 cm³/mol. The van der Waals surface area contributed by atoms with E-state index in [-0.39, 0.29) is 12.1 Å². The number of ether oxygens (including phenoxy) is 1. The van der Waals surface area contributed by atoms with Crippen molar-refractivity contribution in [2.45, 2.75) is 18.9 Å². The quantitative estimate of drug-likeness (QED) is 0.635. The summed E-state index contributed by atoms with van der Waals surface area (Å²) in [4.78, 5) is 23.5. The van der Waals surface area contributed by atoms with Crippen LogP contribution in [-0.4, -0.2) is 46.6 Å². The first kappa shape index (κ1) is 16.0. The zero-order valence-corrected chi connectivity index (χ0v) is 14.0. The molecule has 0 saturated carbocycles. The van der Waals surface area contributed by atoms with Gasteiger partial charge in [0.25, 0.3) is 0 Å². The number of aromatic nitrogens is 2. The van der Waals surface area contributed by atoms with Crippen LogP contribution >= 0.6 is 0 Å². The molecule has 3 aliphatic heterocycles. The topological polar surface area (TPSA) is 55.3 Å². The van der Waals surface area contributed by atoms with Crippen molar-refractivity contribution in [2.24, 2.45) is 5.92 Å². The van der Waals surface area contributed by atoms with Gasteiger partial charge >= 0.3 is 5.97 Å². The van der Waals surface area contributed by atoms with Crippen molar-refractivity contribution in [2.75, 3.05) is 19.6 Å². The van der Waals surface area contributed by atoms with Crippen LogP contribution < -0.4 is 0 Å². The van der Waals surface area contributed by atoms with E-state index in [0.717, 1.165) is 38.0 Å². The van der Waals surface area contributed by atoms with Gasteiger partial charge in [0.2, 0.25) is 0 Å². The minimum atomic E-state index is -0.274. The summed E-state index contributed by atoms with van der Waals surface area (Å²) in [5, 5.41) is 0. The van der Waals surface area contributed by atoms with Crippen molar-refractivity contribution in [3.63, 3.8) is 0 Å². The smallest absolute Gasteiger partial charge is 0.339 e. The summed E-state index contributed by atoms with van der Waals surface area (Å²) in [6, 6.07) is 11.4. The Hall–Kier alpha value is -2.53. The molecule has 2 aromatic rings. The number of piperidine rings is 3. The van der Waals surface area contributed by atoms with E-state index >= 15 is 0 Å². The second-order valence-electron chi connectivity index (χ2n) is 6.64. The van der Waals surface area contributed by atoms with Gasteiger partial charge < -0.3 is 4.74 Å². The van der Waals surface area contributed by atoms with Crippen molar-refractivity contribution in [3.05, 3.63) is 60.2 Å². The minimum Gasteiger partial charge on any atom is -0.457 e. The Balaban J connectivity index is 1.59. The van der Waals surface area contributed by atoms with Crippen LogP contribution in [0.25, 0.3) is 11.6 Å². The third-order valence-corrected chi connectivity index (χ3v) is 5.06. The summed E-state index contributed by atoms with van der Waals surface area (Å²) in [6.07, 6.45) is 7.16. The molecule has 0 N–H and O–H groups in total. The summed E-state index contributed by atoms with van der Waals surface area (Å²) in [7, 11) is 0. The number of hydrogen-bond acceptors (Lipinski definition) is 5. The summed E-state index contributed by atoms with van der Waals surface area (Å²) in [6.45, 7) is 3.11. The maximum Gasteiger partial charge on any atom is 0.339 e. The van der Waals surface area contributed by atoms with Crippen molar-refractivity contribution >= 4 is 17.6 Å². The van der Waals surface area contributed by atoms with E-state index in [1.807, 2.05) is 30.3 Å². The van der Waals surface area contributed by atoms with E-state index < -0.39 is 0 Å². The largest absolute Gasteiger partial charge is 0.457 e. The summed E-state index contributed by atoms with van der Waals surface area (Å²) >= 11 is 0. The Labute approximate surface area is 147 Å². The van der Waals surface area contributed by atoms with Gasteiger partial charge in [-0.1, -0.05) is 30.3 Å². The Morgan fingerprint density at radius 3 is 2.60 bits per heavy atom. The van der Waals surface area contributed by atoms with Gasteiger partial charge in [0.05, 0.1) is 11.3 Å². The summed E-state index contributed by atoms with van der Waals surface area (Å²) in [5.41, 5.74) is 2.07. The molecule has 0 unspecified atom stereocenters. The molecule has 3 aliphatic rings. The molecular formula is C20H21N3O2. The van der Waals surface area contributed by atoms with Crippen molar-refractivity contribution in [1.82, 2.24) is 14.9 Å². The predicted octanol–water partition coefficient (Wildman–Crippen LogP) is 2.65.